The lowest BCUT2D eigenvalue weighted by molar-refractivity contribution is -0.142. The zero-order valence-corrected chi connectivity index (χ0v) is 10.7. The van der Waals surface area contributed by atoms with Crippen molar-refractivity contribution in [3.8, 4) is 0 Å². The average Bonchev–Trinajstić information content (AvgIpc) is 2.73. The van der Waals surface area contributed by atoms with Gasteiger partial charge in [-0.2, -0.15) is 0 Å². The molecule has 0 fully saturated rings. The van der Waals surface area contributed by atoms with Crippen molar-refractivity contribution in [2.45, 2.75) is 39.7 Å². The van der Waals surface area contributed by atoms with Crippen molar-refractivity contribution in [3.05, 3.63) is 17.8 Å². The largest absolute Gasteiger partial charge is 0.465 e. The highest BCUT2D eigenvalue weighted by Crippen LogP contribution is 2.11. The maximum Gasteiger partial charge on any atom is 0.319 e. The number of hydrogen-bond donors (Lipinski definition) is 1. The molecule has 0 spiro atoms. The highest BCUT2D eigenvalue weighted by molar-refractivity contribution is 5.71. The molecule has 5 heteroatoms. The van der Waals surface area contributed by atoms with Crippen LogP contribution >= 0.6 is 0 Å². The summed E-state index contributed by atoms with van der Waals surface area (Å²) in [5.41, 5.74) is 0. The monoisotopic (exact) mass is 240 g/mol. The number of nitrogens with one attached hydrogen (secondary N) is 1. The van der Waals surface area contributed by atoms with Gasteiger partial charge in [-0.15, -0.1) is 0 Å². The summed E-state index contributed by atoms with van der Waals surface area (Å²) in [5, 5.41) is 3.01. The maximum atomic E-state index is 11.3. The molecule has 5 nitrogen and oxygen atoms in total. The van der Waals surface area contributed by atoms with E-state index in [1.165, 1.54) is 0 Å². The van der Waals surface area contributed by atoms with Crippen molar-refractivity contribution in [2.24, 2.45) is 0 Å². The Morgan fingerprint density at radius 1 is 1.65 bits per heavy atom. The van der Waals surface area contributed by atoms with Crippen molar-refractivity contribution >= 4 is 5.97 Å². The number of aryl methyl sites for hydroxylation is 1. The molecule has 0 aliphatic heterocycles. The fourth-order valence-electron chi connectivity index (χ4n) is 1.28. The number of carbonyl (C=O) groups excluding carboxylic acids is 1. The van der Waals surface area contributed by atoms with E-state index in [-0.39, 0.29) is 18.6 Å². The lowest BCUT2D eigenvalue weighted by atomic mass is 10.3. The Morgan fingerprint density at radius 3 is 3.00 bits per heavy atom. The lowest BCUT2D eigenvalue weighted by Gasteiger charge is -2.09. The van der Waals surface area contributed by atoms with Gasteiger partial charge in [0, 0.05) is 0 Å². The van der Waals surface area contributed by atoms with Gasteiger partial charge in [0.2, 0.25) is 5.89 Å². The average molecular weight is 240 g/mol. The number of hydrogen-bond acceptors (Lipinski definition) is 5. The van der Waals surface area contributed by atoms with Crippen molar-refractivity contribution in [2.75, 3.05) is 13.2 Å². The van der Waals surface area contributed by atoms with Crippen LogP contribution in [0.1, 0.15) is 44.4 Å². The van der Waals surface area contributed by atoms with Gasteiger partial charge in [-0.3, -0.25) is 10.1 Å². The molecule has 0 aliphatic rings. The van der Waals surface area contributed by atoms with E-state index in [0.717, 1.165) is 18.6 Å². The zero-order chi connectivity index (χ0) is 12.7. The van der Waals surface area contributed by atoms with Crippen LogP contribution in [0.5, 0.6) is 0 Å². The van der Waals surface area contributed by atoms with Crippen molar-refractivity contribution in [3.63, 3.8) is 0 Å². The van der Waals surface area contributed by atoms with Gasteiger partial charge in [-0.1, -0.05) is 13.3 Å². The third kappa shape index (κ3) is 4.99. The lowest BCUT2D eigenvalue weighted by Crippen LogP contribution is -2.27. The molecule has 0 aromatic carbocycles. The molecule has 0 saturated carbocycles. The summed E-state index contributed by atoms with van der Waals surface area (Å²) in [7, 11) is 0. The molecular formula is C12H20N2O3. The SMILES string of the molecule is CCCCOC(=O)CNC(C)c1ncc(C)o1. The summed E-state index contributed by atoms with van der Waals surface area (Å²) in [4.78, 5) is 15.4. The Morgan fingerprint density at radius 2 is 2.41 bits per heavy atom. The standard InChI is InChI=1S/C12H20N2O3/c1-4-5-6-16-11(15)8-13-10(3)12-14-7-9(2)17-12/h7,10,13H,4-6,8H2,1-3H3. The van der Waals surface area contributed by atoms with E-state index in [1.807, 2.05) is 13.8 Å². The van der Waals surface area contributed by atoms with E-state index < -0.39 is 0 Å². The van der Waals surface area contributed by atoms with Gasteiger partial charge in [0.15, 0.2) is 0 Å². The van der Waals surface area contributed by atoms with E-state index in [9.17, 15) is 4.79 Å². The van der Waals surface area contributed by atoms with Gasteiger partial charge in [-0.05, 0) is 20.3 Å². The van der Waals surface area contributed by atoms with Crippen LogP contribution < -0.4 is 5.32 Å². The van der Waals surface area contributed by atoms with E-state index >= 15 is 0 Å². The second-order valence-electron chi connectivity index (χ2n) is 3.99. The maximum absolute atomic E-state index is 11.3. The van der Waals surface area contributed by atoms with Gasteiger partial charge in [0.1, 0.15) is 5.76 Å². The minimum atomic E-state index is -0.242. The quantitative estimate of drug-likeness (QED) is 0.583. The topological polar surface area (TPSA) is 64.4 Å². The molecule has 1 unspecified atom stereocenters. The fourth-order valence-corrected chi connectivity index (χ4v) is 1.28. The number of esters is 1. The molecule has 1 aromatic rings. The normalized spacial score (nSPS) is 12.4. The Labute approximate surface area is 102 Å². The van der Waals surface area contributed by atoms with Crippen LogP contribution in [0.3, 0.4) is 0 Å². The Balaban J connectivity index is 2.23. The molecule has 0 bridgehead atoms. The molecule has 1 rings (SSSR count). The smallest absolute Gasteiger partial charge is 0.319 e. The highest BCUT2D eigenvalue weighted by atomic mass is 16.5. The predicted octanol–water partition coefficient (Wildman–Crippen LogP) is 1.98. The number of aromatic nitrogens is 1. The Kier molecular flexibility index (Phi) is 5.69. The number of carbonyl (C=O) groups is 1. The summed E-state index contributed by atoms with van der Waals surface area (Å²) in [5.74, 6) is 1.11. The van der Waals surface area contributed by atoms with Crippen LogP contribution in [0.2, 0.25) is 0 Å². The first-order valence-corrected chi connectivity index (χ1v) is 5.94. The summed E-state index contributed by atoms with van der Waals surface area (Å²) in [6.07, 6.45) is 3.58. The zero-order valence-electron chi connectivity index (χ0n) is 10.7. The molecule has 1 heterocycles. The number of oxazole rings is 1. The van der Waals surface area contributed by atoms with Gasteiger partial charge >= 0.3 is 5.97 Å². The van der Waals surface area contributed by atoms with Crippen LogP contribution in [-0.4, -0.2) is 24.1 Å². The summed E-state index contributed by atoms with van der Waals surface area (Å²) in [6.45, 7) is 6.45. The van der Waals surface area contributed by atoms with Gasteiger partial charge in [0.25, 0.3) is 0 Å². The number of rotatable bonds is 7. The first kappa shape index (κ1) is 13.7. The second kappa shape index (κ2) is 7.06. The predicted molar refractivity (Wildman–Crippen MR) is 63.5 cm³/mol. The Hall–Kier alpha value is -1.36. The first-order chi connectivity index (χ1) is 8.13. The minimum Gasteiger partial charge on any atom is -0.465 e. The molecule has 0 saturated heterocycles. The molecule has 1 N–H and O–H groups in total. The van der Waals surface area contributed by atoms with Gasteiger partial charge in [-0.25, -0.2) is 4.98 Å². The van der Waals surface area contributed by atoms with Crippen molar-refractivity contribution < 1.29 is 13.9 Å². The number of ether oxygens (including phenoxy) is 1. The van der Waals surface area contributed by atoms with E-state index in [4.69, 9.17) is 9.15 Å². The minimum absolute atomic E-state index is 0.0950. The third-order valence-electron chi connectivity index (χ3n) is 2.32. The Bertz CT molecular complexity index is 349. The van der Waals surface area contributed by atoms with Crippen LogP contribution in [-0.2, 0) is 9.53 Å². The molecule has 0 radical (unpaired) electrons. The second-order valence-corrected chi connectivity index (χ2v) is 3.99. The van der Waals surface area contributed by atoms with E-state index in [1.54, 1.807) is 6.20 Å². The summed E-state index contributed by atoms with van der Waals surface area (Å²) < 4.78 is 10.4. The van der Waals surface area contributed by atoms with Crippen molar-refractivity contribution in [1.29, 1.82) is 0 Å². The molecule has 17 heavy (non-hydrogen) atoms. The molecule has 1 aromatic heterocycles. The van der Waals surface area contributed by atoms with Crippen molar-refractivity contribution in [1.82, 2.24) is 10.3 Å². The van der Waals surface area contributed by atoms with E-state index in [0.29, 0.717) is 12.5 Å². The van der Waals surface area contributed by atoms with Crippen LogP contribution in [0.25, 0.3) is 0 Å². The number of nitrogens with zero attached hydrogens (tertiary/aromatic N) is 1. The van der Waals surface area contributed by atoms with E-state index in [2.05, 4.69) is 17.2 Å². The molecular weight excluding hydrogens is 220 g/mol. The molecule has 96 valence electrons. The highest BCUT2D eigenvalue weighted by Gasteiger charge is 2.12. The number of unbranched alkanes of at least 4 members (excludes halogenated alkanes) is 1. The van der Waals surface area contributed by atoms with Crippen LogP contribution in [0, 0.1) is 6.92 Å². The van der Waals surface area contributed by atoms with Crippen LogP contribution in [0.4, 0.5) is 0 Å². The first-order valence-electron chi connectivity index (χ1n) is 5.94. The summed E-state index contributed by atoms with van der Waals surface area (Å²) in [6, 6.07) is -0.0950. The van der Waals surface area contributed by atoms with Gasteiger partial charge in [0.05, 0.1) is 25.4 Å². The fraction of sp³-hybridized carbons (Fsp3) is 0.667. The summed E-state index contributed by atoms with van der Waals surface area (Å²) >= 11 is 0. The molecule has 0 amide bonds. The third-order valence-corrected chi connectivity index (χ3v) is 2.32. The molecule has 0 aliphatic carbocycles. The van der Waals surface area contributed by atoms with Gasteiger partial charge < -0.3 is 9.15 Å². The molecule has 1 atom stereocenters. The van der Waals surface area contributed by atoms with Crippen LogP contribution in [0.15, 0.2) is 10.6 Å².